The van der Waals surface area contributed by atoms with Crippen LogP contribution in [0.15, 0.2) is 54.6 Å². The van der Waals surface area contributed by atoms with Crippen LogP contribution in [0, 0.1) is 5.41 Å². The third kappa shape index (κ3) is 3.11. The fraction of sp³-hybridized carbons (Fsp3) is 0.368. The molecule has 1 heterocycles. The van der Waals surface area contributed by atoms with Crippen molar-refractivity contribution in [1.29, 1.82) is 0 Å². The molecule has 4 N–H and O–H groups in total. The van der Waals surface area contributed by atoms with Crippen molar-refractivity contribution in [1.82, 2.24) is 0 Å². The highest BCUT2D eigenvalue weighted by Crippen LogP contribution is 2.65. The SMILES string of the molecule is CCC(C)(CCN)C1Oc2ccccc2N(c2ccccc2)S1(O)O. The molecule has 136 valence electrons. The van der Waals surface area contributed by atoms with E-state index in [1.165, 1.54) is 0 Å². The van der Waals surface area contributed by atoms with Crippen molar-refractivity contribution in [3.63, 3.8) is 0 Å². The number of hydrogen-bond acceptors (Lipinski definition) is 5. The van der Waals surface area contributed by atoms with E-state index in [1.54, 1.807) is 4.31 Å². The molecule has 6 heteroatoms. The van der Waals surface area contributed by atoms with Gasteiger partial charge >= 0.3 is 0 Å². The third-order valence-electron chi connectivity index (χ3n) is 4.96. The summed E-state index contributed by atoms with van der Waals surface area (Å²) in [4.78, 5) is 0. The zero-order valence-corrected chi connectivity index (χ0v) is 15.4. The fourth-order valence-electron chi connectivity index (χ4n) is 3.32. The zero-order valence-electron chi connectivity index (χ0n) is 14.6. The summed E-state index contributed by atoms with van der Waals surface area (Å²) >= 11 is 0. The van der Waals surface area contributed by atoms with Crippen LogP contribution in [0.25, 0.3) is 0 Å². The summed E-state index contributed by atoms with van der Waals surface area (Å²) in [6.07, 6.45) is 1.38. The van der Waals surface area contributed by atoms with Crippen LogP contribution in [0.3, 0.4) is 0 Å². The first-order chi connectivity index (χ1) is 11.9. The van der Waals surface area contributed by atoms with Crippen LogP contribution in [0.5, 0.6) is 5.75 Å². The second kappa shape index (κ2) is 6.88. The van der Waals surface area contributed by atoms with Gasteiger partial charge in [-0.05, 0) is 43.7 Å². The highest BCUT2D eigenvalue weighted by atomic mass is 32.3. The number of para-hydroxylation sites is 3. The summed E-state index contributed by atoms with van der Waals surface area (Å²) in [6, 6.07) is 16.9. The van der Waals surface area contributed by atoms with Gasteiger partial charge in [-0.15, -0.1) is 0 Å². The number of hydrogen-bond donors (Lipinski definition) is 3. The van der Waals surface area contributed by atoms with E-state index in [-0.39, 0.29) is 0 Å². The van der Waals surface area contributed by atoms with Gasteiger partial charge in [-0.2, -0.15) is 0 Å². The lowest BCUT2D eigenvalue weighted by Crippen LogP contribution is -2.48. The topological polar surface area (TPSA) is 79.0 Å². The number of rotatable bonds is 5. The van der Waals surface area contributed by atoms with Crippen molar-refractivity contribution in [2.45, 2.75) is 32.1 Å². The Morgan fingerprint density at radius 3 is 2.40 bits per heavy atom. The molecule has 2 unspecified atom stereocenters. The number of nitrogens with zero attached hydrogens (tertiary/aromatic N) is 1. The molecule has 0 saturated heterocycles. The van der Waals surface area contributed by atoms with Gasteiger partial charge in [0.25, 0.3) is 0 Å². The molecule has 1 aliphatic rings. The predicted molar refractivity (Wildman–Crippen MR) is 104 cm³/mol. The van der Waals surface area contributed by atoms with E-state index in [9.17, 15) is 9.11 Å². The van der Waals surface area contributed by atoms with Gasteiger partial charge < -0.3 is 10.5 Å². The summed E-state index contributed by atoms with van der Waals surface area (Å²) in [5.41, 5.74) is 5.99. The minimum atomic E-state index is -3.27. The molecule has 3 rings (SSSR count). The molecule has 2 atom stereocenters. The molecule has 2 aromatic carbocycles. The number of benzene rings is 2. The molecule has 2 aromatic rings. The molecule has 0 aromatic heterocycles. The summed E-state index contributed by atoms with van der Waals surface area (Å²) < 4.78 is 30.3. The molecular formula is C19H26N2O3S. The average Bonchev–Trinajstić information content (AvgIpc) is 2.61. The molecule has 0 fully saturated rings. The van der Waals surface area contributed by atoms with Crippen molar-refractivity contribution in [2.24, 2.45) is 11.1 Å². The number of ether oxygens (including phenoxy) is 1. The standard InChI is InChI=1S/C19H26N2O3S/c1-3-19(2,13-14-20)18-24-17-12-8-7-11-16(17)21(25(18,22)23)15-9-5-4-6-10-15/h4-12,18,22-23H,3,13-14,20H2,1-2H3. The van der Waals surface area contributed by atoms with E-state index >= 15 is 0 Å². The van der Waals surface area contributed by atoms with E-state index in [4.69, 9.17) is 10.5 Å². The van der Waals surface area contributed by atoms with Crippen molar-refractivity contribution < 1.29 is 13.8 Å². The van der Waals surface area contributed by atoms with Crippen molar-refractivity contribution in [3.05, 3.63) is 54.6 Å². The van der Waals surface area contributed by atoms with E-state index < -0.39 is 21.6 Å². The lowest BCUT2D eigenvalue weighted by Gasteiger charge is -2.56. The smallest absolute Gasteiger partial charge is 0.211 e. The first-order valence-electron chi connectivity index (χ1n) is 8.52. The minimum absolute atomic E-state index is 0.450. The van der Waals surface area contributed by atoms with Crippen LogP contribution in [-0.4, -0.2) is 21.1 Å². The van der Waals surface area contributed by atoms with E-state index in [0.717, 1.165) is 12.1 Å². The van der Waals surface area contributed by atoms with Crippen LogP contribution in [-0.2, 0) is 0 Å². The average molecular weight is 362 g/mol. The number of nitrogens with two attached hydrogens (primary N) is 1. The van der Waals surface area contributed by atoms with Gasteiger partial charge in [0, 0.05) is 5.41 Å². The van der Waals surface area contributed by atoms with Crippen molar-refractivity contribution in [2.75, 3.05) is 10.8 Å². The largest absolute Gasteiger partial charge is 0.466 e. The van der Waals surface area contributed by atoms with Gasteiger partial charge in [0.1, 0.15) is 11.4 Å². The Morgan fingerprint density at radius 1 is 1.12 bits per heavy atom. The normalized spacial score (nSPS) is 22.4. The maximum atomic E-state index is 11.3. The maximum Gasteiger partial charge on any atom is 0.211 e. The molecule has 0 saturated carbocycles. The summed E-state index contributed by atoms with van der Waals surface area (Å²) in [7, 11) is -3.27. The van der Waals surface area contributed by atoms with Crippen molar-refractivity contribution in [3.8, 4) is 5.75 Å². The molecule has 0 aliphatic carbocycles. The molecule has 0 amide bonds. The Bertz CT molecular complexity index is 726. The quantitative estimate of drug-likeness (QED) is 0.699. The van der Waals surface area contributed by atoms with Crippen LogP contribution >= 0.6 is 10.8 Å². The van der Waals surface area contributed by atoms with Gasteiger partial charge in [-0.1, -0.05) is 55.0 Å². The summed E-state index contributed by atoms with van der Waals surface area (Å²) in [6.45, 7) is 4.50. The molecule has 0 radical (unpaired) electrons. The first kappa shape index (κ1) is 18.1. The van der Waals surface area contributed by atoms with Gasteiger partial charge in [0.05, 0.1) is 5.69 Å². The van der Waals surface area contributed by atoms with Gasteiger partial charge in [0.2, 0.25) is 5.44 Å². The zero-order chi connectivity index (χ0) is 18.1. The van der Waals surface area contributed by atoms with E-state index in [2.05, 4.69) is 0 Å². The summed E-state index contributed by atoms with van der Waals surface area (Å²) in [5, 5.41) is 0. The lowest BCUT2D eigenvalue weighted by molar-refractivity contribution is 0.0988. The highest BCUT2D eigenvalue weighted by Gasteiger charge is 2.50. The second-order valence-corrected chi connectivity index (χ2v) is 8.57. The summed E-state index contributed by atoms with van der Waals surface area (Å²) in [5.74, 6) is 0.652. The molecule has 1 aliphatic heterocycles. The van der Waals surface area contributed by atoms with Gasteiger partial charge in [0.15, 0.2) is 0 Å². The third-order valence-corrected chi connectivity index (χ3v) is 7.14. The molecule has 25 heavy (non-hydrogen) atoms. The molecular weight excluding hydrogens is 336 g/mol. The van der Waals surface area contributed by atoms with Crippen LogP contribution in [0.4, 0.5) is 11.4 Å². The van der Waals surface area contributed by atoms with Gasteiger partial charge in [-0.3, -0.25) is 9.11 Å². The Labute approximate surface area is 150 Å². The number of anilines is 2. The first-order valence-corrected chi connectivity index (χ1v) is 10.1. The molecule has 5 nitrogen and oxygen atoms in total. The van der Waals surface area contributed by atoms with Crippen LogP contribution in [0.1, 0.15) is 26.7 Å². The maximum absolute atomic E-state index is 11.3. The van der Waals surface area contributed by atoms with Crippen LogP contribution < -0.4 is 14.8 Å². The monoisotopic (exact) mass is 362 g/mol. The molecule has 0 bridgehead atoms. The van der Waals surface area contributed by atoms with Crippen LogP contribution in [0.2, 0.25) is 0 Å². The minimum Gasteiger partial charge on any atom is -0.466 e. The Morgan fingerprint density at radius 2 is 1.76 bits per heavy atom. The predicted octanol–water partition coefficient (Wildman–Crippen LogP) is 4.97. The Balaban J connectivity index is 2.16. The Kier molecular flexibility index (Phi) is 4.97. The molecule has 0 spiro atoms. The second-order valence-electron chi connectivity index (χ2n) is 6.65. The van der Waals surface area contributed by atoms with E-state index in [0.29, 0.717) is 24.4 Å². The van der Waals surface area contributed by atoms with E-state index in [1.807, 2.05) is 68.4 Å². The number of fused-ring (bicyclic) bond motifs is 1. The van der Waals surface area contributed by atoms with Crippen molar-refractivity contribution >= 4 is 22.2 Å². The lowest BCUT2D eigenvalue weighted by atomic mass is 9.84. The Hall–Kier alpha value is -1.73. The van der Waals surface area contributed by atoms with Gasteiger partial charge in [-0.25, -0.2) is 4.31 Å². The fourth-order valence-corrected chi connectivity index (χ4v) is 5.66. The highest BCUT2D eigenvalue weighted by molar-refractivity contribution is 8.26.